The van der Waals surface area contributed by atoms with Crippen LogP contribution >= 0.6 is 0 Å². The van der Waals surface area contributed by atoms with Gasteiger partial charge in [0.05, 0.1) is 41.8 Å². The summed E-state index contributed by atoms with van der Waals surface area (Å²) in [5.74, 6) is -3.66. The number of primary amides is 1. The van der Waals surface area contributed by atoms with E-state index in [2.05, 4.69) is 34.7 Å². The highest BCUT2D eigenvalue weighted by Gasteiger charge is 2.51. The zero-order valence-corrected chi connectivity index (χ0v) is 37.7. The molecule has 0 bridgehead atoms. The fraction of sp³-hybridized carbons (Fsp3) is 0.327. The van der Waals surface area contributed by atoms with E-state index in [0.29, 0.717) is 18.7 Å². The fourth-order valence-electron chi connectivity index (χ4n) is 8.58. The highest BCUT2D eigenvalue weighted by Crippen LogP contribution is 2.49. The Kier molecular flexibility index (Phi) is 14.2. The number of rotatable bonds is 12. The molecule has 0 unspecified atom stereocenters. The van der Waals surface area contributed by atoms with Crippen LogP contribution in [0.25, 0.3) is 27.1 Å². The first-order valence-electron chi connectivity index (χ1n) is 21.5. The molecule has 4 heterocycles. The Morgan fingerprint density at radius 3 is 1.83 bits per heavy atom. The van der Waals surface area contributed by atoms with E-state index in [1.807, 2.05) is 0 Å². The predicted molar refractivity (Wildman–Crippen MR) is 240 cm³/mol. The Labute approximate surface area is 392 Å². The van der Waals surface area contributed by atoms with Crippen LogP contribution < -0.4 is 15.4 Å². The molecule has 0 aliphatic heterocycles. The molecule has 6 aromatic rings. The zero-order valence-electron chi connectivity index (χ0n) is 37.7. The van der Waals surface area contributed by atoms with E-state index in [-0.39, 0.29) is 88.8 Å². The van der Waals surface area contributed by atoms with Gasteiger partial charge in [-0.05, 0) is 101 Å². The molecule has 0 atom stereocenters. The molecule has 2 saturated carbocycles. The highest BCUT2D eigenvalue weighted by molar-refractivity contribution is 5.98. The van der Waals surface area contributed by atoms with E-state index in [4.69, 9.17) is 21.8 Å². The Morgan fingerprint density at radius 2 is 1.30 bits per heavy atom. The highest BCUT2D eigenvalue weighted by atomic mass is 19.2. The van der Waals surface area contributed by atoms with Gasteiger partial charge in [0.1, 0.15) is 58.5 Å². The quantitative estimate of drug-likeness (QED) is 0.0879. The van der Waals surface area contributed by atoms with Crippen molar-refractivity contribution in [1.82, 2.24) is 29.9 Å². The minimum absolute atomic E-state index is 0.0114. The van der Waals surface area contributed by atoms with Crippen LogP contribution in [0.1, 0.15) is 80.4 Å². The summed E-state index contributed by atoms with van der Waals surface area (Å²) in [6.07, 6.45) is 6.06. The van der Waals surface area contributed by atoms with Crippen LogP contribution in [0.3, 0.4) is 0 Å². The van der Waals surface area contributed by atoms with Gasteiger partial charge in [0.25, 0.3) is 5.91 Å². The van der Waals surface area contributed by atoms with E-state index in [9.17, 15) is 41.0 Å². The van der Waals surface area contributed by atoms with Crippen molar-refractivity contribution in [2.45, 2.75) is 88.1 Å². The van der Waals surface area contributed by atoms with Gasteiger partial charge in [-0.25, -0.2) is 60.8 Å². The van der Waals surface area contributed by atoms with E-state index in [1.54, 1.807) is 20.8 Å². The maximum absolute atomic E-state index is 14.8. The molecule has 2 fully saturated rings. The second-order valence-electron chi connectivity index (χ2n) is 17.7. The number of carbonyl (C=O) groups is 2. The monoisotopic (exact) mass is 953 g/mol. The number of phenols is 1. The van der Waals surface area contributed by atoms with Gasteiger partial charge in [-0.1, -0.05) is 0 Å². The van der Waals surface area contributed by atoms with Crippen molar-refractivity contribution in [1.29, 1.82) is 0 Å². The second kappa shape index (κ2) is 19.9. The first-order valence-corrected chi connectivity index (χ1v) is 21.5. The van der Waals surface area contributed by atoms with E-state index in [1.165, 1.54) is 74.6 Å². The number of hydrogen-bond donors (Lipinski definition) is 2. The minimum Gasteiger partial charge on any atom is -0.507 e. The van der Waals surface area contributed by atoms with Crippen LogP contribution in [0.15, 0.2) is 85.7 Å². The van der Waals surface area contributed by atoms with E-state index >= 15 is 0 Å². The third-order valence-electron chi connectivity index (χ3n) is 11.8. The number of halogens is 6. The Bertz CT molecular complexity index is 2900. The second-order valence-corrected chi connectivity index (χ2v) is 17.7. The lowest BCUT2D eigenvalue weighted by Crippen LogP contribution is -2.54. The number of aromatic hydroxyl groups is 1. The molecule has 2 aliphatic carbocycles. The molecule has 2 aliphatic rings. The predicted octanol–water partition coefficient (Wildman–Crippen LogP) is 9.81. The van der Waals surface area contributed by atoms with Crippen molar-refractivity contribution >= 4 is 23.6 Å². The molecule has 4 aromatic heterocycles. The molecular formula is C49H45F6N9O5. The smallest absolute Gasteiger partial charge is 0.417 e. The summed E-state index contributed by atoms with van der Waals surface area (Å²) < 4.78 is 96.7. The molecule has 0 saturated heterocycles. The summed E-state index contributed by atoms with van der Waals surface area (Å²) >= 11 is 0. The van der Waals surface area contributed by atoms with Crippen LogP contribution in [-0.2, 0) is 22.0 Å². The molecule has 14 nitrogen and oxygen atoms in total. The fourth-order valence-corrected chi connectivity index (χ4v) is 8.58. The van der Waals surface area contributed by atoms with Gasteiger partial charge in [-0.3, -0.25) is 14.8 Å². The van der Waals surface area contributed by atoms with E-state index in [0.717, 1.165) is 23.1 Å². The number of aryl methyl sites for hydroxylation is 1. The van der Waals surface area contributed by atoms with Crippen LogP contribution in [0, 0.1) is 29.8 Å². The number of anilines is 1. The first kappa shape index (κ1) is 49.2. The van der Waals surface area contributed by atoms with Crippen molar-refractivity contribution in [2.75, 3.05) is 18.6 Å². The summed E-state index contributed by atoms with van der Waals surface area (Å²) in [6, 6.07) is 10.0. The summed E-state index contributed by atoms with van der Waals surface area (Å²) in [5, 5.41) is 10.2. The zero-order chi connectivity index (χ0) is 49.8. The maximum Gasteiger partial charge on any atom is 0.417 e. The number of carbonyl (C=O) groups excluding carboxylic acids is 2. The molecular weight excluding hydrogens is 909 g/mol. The van der Waals surface area contributed by atoms with Crippen molar-refractivity contribution in [3.8, 4) is 33.8 Å². The van der Waals surface area contributed by atoms with Gasteiger partial charge in [-0.15, -0.1) is 0 Å². The van der Waals surface area contributed by atoms with Gasteiger partial charge >= 0.3 is 6.09 Å². The van der Waals surface area contributed by atoms with Gasteiger partial charge in [-0.2, -0.15) is 0 Å². The van der Waals surface area contributed by atoms with Crippen LogP contribution in [0.2, 0.25) is 0 Å². The number of methoxy groups -OCH3 is 1. The number of nitrogens with zero attached hydrogens (tertiary/aromatic N) is 8. The lowest BCUT2D eigenvalue weighted by molar-refractivity contribution is 0.0505. The molecule has 8 rings (SSSR count). The third-order valence-corrected chi connectivity index (χ3v) is 11.8. The first-order chi connectivity index (χ1) is 32.8. The third kappa shape index (κ3) is 10.4. The Balaban J connectivity index is 0.000000208. The van der Waals surface area contributed by atoms with Crippen molar-refractivity contribution in [2.24, 2.45) is 5.73 Å². The standard InChI is InChI=1S/C27H26F3N5O3.C22H19F3N4O2/c1-26(2,3)38-25(36)35(15-27(11-17(28)12-27)23-19(30)7-6-10-32-23)24-33-13-16(14-34-24)21-18(29)8-9-20(31-4)22(21)37-5;23-13-8-22(9-13,20-16(25)2-1-7-27-20)6-5-17-28-10-12(11-29-17)18-15(24)4-3-14(19(18)30)21(26)31/h6-10,13-14,17H,11-12,15H2,1-3,5H3;1-4,7,10-11,13,30H,5-6,8-9H2,(H2,26,31). The topological polar surface area (TPSA) is 184 Å². The molecule has 69 heavy (non-hydrogen) atoms. The summed E-state index contributed by atoms with van der Waals surface area (Å²) in [7, 11) is 1.32. The average molecular weight is 954 g/mol. The molecule has 2 amide bonds. The molecule has 20 heteroatoms. The number of amides is 2. The average Bonchev–Trinajstić information content (AvgIpc) is 3.28. The number of benzene rings is 2. The normalized spacial score (nSPS) is 19.4. The molecule has 358 valence electrons. The SMILES string of the molecule is NC(=O)c1ccc(F)c(-c2cnc(CCC3(c4ncccc4F)CC(F)C3)nc2)c1O.[C-]#[N+]c1ccc(F)c(-c2cnc(N(CC3(c4ncccc4F)CC(F)C3)C(=O)OC(C)(C)C)nc2)c1OC. The van der Waals surface area contributed by atoms with Crippen molar-refractivity contribution in [3.05, 3.63) is 143 Å². The van der Waals surface area contributed by atoms with Gasteiger partial charge in [0, 0.05) is 72.1 Å². The number of hydrogen-bond acceptors (Lipinski definition) is 11. The van der Waals surface area contributed by atoms with Gasteiger partial charge in [0.15, 0.2) is 0 Å². The van der Waals surface area contributed by atoms with Gasteiger partial charge in [0.2, 0.25) is 11.6 Å². The maximum atomic E-state index is 14.8. The molecule has 3 N–H and O–H groups in total. The summed E-state index contributed by atoms with van der Waals surface area (Å²) in [4.78, 5) is 54.3. The number of alkyl halides is 2. The number of nitrogens with two attached hydrogens (primary N) is 1. The number of aromatic nitrogens is 6. The Morgan fingerprint density at radius 1 is 0.783 bits per heavy atom. The van der Waals surface area contributed by atoms with Crippen molar-refractivity contribution in [3.63, 3.8) is 0 Å². The molecule has 0 spiro atoms. The largest absolute Gasteiger partial charge is 0.507 e. The molecule has 2 aromatic carbocycles. The van der Waals surface area contributed by atoms with Crippen LogP contribution in [-0.4, -0.2) is 78.6 Å². The lowest BCUT2D eigenvalue weighted by Gasteiger charge is -2.45. The van der Waals surface area contributed by atoms with Crippen molar-refractivity contribution < 1.29 is 50.5 Å². The number of pyridine rings is 2. The minimum atomic E-state index is -1.19. The van der Waals surface area contributed by atoms with Gasteiger partial charge < -0.3 is 20.3 Å². The molecule has 0 radical (unpaired) electrons. The lowest BCUT2D eigenvalue weighted by atomic mass is 9.62. The summed E-state index contributed by atoms with van der Waals surface area (Å²) in [5.41, 5.74) is 2.79. The van der Waals surface area contributed by atoms with Crippen LogP contribution in [0.4, 0.5) is 42.8 Å². The van der Waals surface area contributed by atoms with E-state index < -0.39 is 69.8 Å². The number of ether oxygens (including phenoxy) is 2. The van der Waals surface area contributed by atoms with Crippen LogP contribution in [0.5, 0.6) is 11.5 Å². The summed E-state index contributed by atoms with van der Waals surface area (Å²) in [6.45, 7) is 12.2. The Hall–Kier alpha value is -7.69.